The van der Waals surface area contributed by atoms with Crippen LogP contribution in [0, 0.1) is 11.8 Å². The molecule has 17 heavy (non-hydrogen) atoms. The fourth-order valence-electron chi connectivity index (χ4n) is 2.27. The molecule has 0 heterocycles. The maximum atomic E-state index is 11.9. The Kier molecular flexibility index (Phi) is 5.41. The number of likely N-dealkylation sites (N-methyl/N-ethyl adjacent to an activating group) is 1. The number of carbonyl (C=O) groups is 2. The quantitative estimate of drug-likeness (QED) is 0.739. The van der Waals surface area contributed by atoms with Crippen molar-refractivity contribution in [3.63, 3.8) is 0 Å². The van der Waals surface area contributed by atoms with Gasteiger partial charge in [0.1, 0.15) is 0 Å². The summed E-state index contributed by atoms with van der Waals surface area (Å²) >= 11 is 0. The molecule has 0 aliphatic heterocycles. The van der Waals surface area contributed by atoms with Crippen molar-refractivity contribution in [1.29, 1.82) is 0 Å². The van der Waals surface area contributed by atoms with E-state index in [0.29, 0.717) is 19.4 Å². The van der Waals surface area contributed by atoms with Gasteiger partial charge in [-0.15, -0.1) is 0 Å². The van der Waals surface area contributed by atoms with Gasteiger partial charge in [-0.3, -0.25) is 9.59 Å². The van der Waals surface area contributed by atoms with Gasteiger partial charge in [0, 0.05) is 13.1 Å². The van der Waals surface area contributed by atoms with Crippen LogP contribution in [0.25, 0.3) is 0 Å². The number of carbonyl (C=O) groups excluding carboxylic acids is 1. The van der Waals surface area contributed by atoms with Gasteiger partial charge in [0.2, 0.25) is 5.91 Å². The van der Waals surface area contributed by atoms with E-state index in [1.165, 1.54) is 0 Å². The van der Waals surface area contributed by atoms with Crippen molar-refractivity contribution in [3.8, 4) is 0 Å². The third kappa shape index (κ3) is 4.34. The van der Waals surface area contributed by atoms with Gasteiger partial charge in [0.05, 0.1) is 11.8 Å². The predicted molar refractivity (Wildman–Crippen MR) is 64.6 cm³/mol. The van der Waals surface area contributed by atoms with Crippen LogP contribution in [0.15, 0.2) is 0 Å². The van der Waals surface area contributed by atoms with Gasteiger partial charge >= 0.3 is 5.97 Å². The van der Waals surface area contributed by atoms with Crippen molar-refractivity contribution in [1.82, 2.24) is 10.2 Å². The molecule has 0 spiro atoms. The van der Waals surface area contributed by atoms with Gasteiger partial charge < -0.3 is 15.3 Å². The van der Waals surface area contributed by atoms with Crippen LogP contribution in [0.3, 0.4) is 0 Å². The predicted octanol–water partition coefficient (Wildman–Crippen LogP) is 0.555. The van der Waals surface area contributed by atoms with Crippen molar-refractivity contribution in [2.45, 2.75) is 25.7 Å². The molecule has 1 aliphatic rings. The molecule has 1 aliphatic carbocycles. The first-order valence-electron chi connectivity index (χ1n) is 6.17. The Morgan fingerprint density at radius 3 is 2.35 bits per heavy atom. The monoisotopic (exact) mass is 242 g/mol. The summed E-state index contributed by atoms with van der Waals surface area (Å²) in [5.41, 5.74) is 0. The van der Waals surface area contributed by atoms with Crippen molar-refractivity contribution in [2.24, 2.45) is 11.8 Å². The zero-order valence-corrected chi connectivity index (χ0v) is 10.6. The first-order valence-corrected chi connectivity index (χ1v) is 6.17. The van der Waals surface area contributed by atoms with E-state index in [2.05, 4.69) is 5.32 Å². The van der Waals surface area contributed by atoms with Crippen LogP contribution in [0.2, 0.25) is 0 Å². The van der Waals surface area contributed by atoms with Gasteiger partial charge in [0.25, 0.3) is 0 Å². The number of hydrogen-bond donors (Lipinski definition) is 2. The molecule has 2 N–H and O–H groups in total. The van der Waals surface area contributed by atoms with Gasteiger partial charge in [-0.25, -0.2) is 0 Å². The number of hydrogen-bond acceptors (Lipinski definition) is 3. The number of amides is 1. The van der Waals surface area contributed by atoms with Crippen molar-refractivity contribution in [3.05, 3.63) is 0 Å². The number of aliphatic carboxylic acids is 1. The molecule has 1 rings (SSSR count). The summed E-state index contributed by atoms with van der Waals surface area (Å²) in [4.78, 5) is 24.9. The summed E-state index contributed by atoms with van der Waals surface area (Å²) in [6.07, 6.45) is 3.19. The minimum absolute atomic E-state index is 0.0982. The van der Waals surface area contributed by atoms with Crippen molar-refractivity contribution < 1.29 is 14.7 Å². The summed E-state index contributed by atoms with van der Waals surface area (Å²) in [5, 5.41) is 11.9. The van der Waals surface area contributed by atoms with E-state index in [1.54, 1.807) is 0 Å². The van der Waals surface area contributed by atoms with E-state index in [9.17, 15) is 9.59 Å². The minimum atomic E-state index is -0.836. The standard InChI is InChI=1S/C12H22N2O3/c1-14(2)8-7-13-11(15)9-5-3-4-6-10(9)12(16)17/h9-10H,3-8H2,1-2H3,(H,13,15)(H,16,17)/t9-,10+/m1/s1. The smallest absolute Gasteiger partial charge is 0.307 e. The lowest BCUT2D eigenvalue weighted by molar-refractivity contribution is -0.148. The molecule has 98 valence electrons. The Hall–Kier alpha value is -1.10. The van der Waals surface area contributed by atoms with E-state index in [4.69, 9.17) is 5.11 Å². The molecule has 0 saturated heterocycles. The van der Waals surface area contributed by atoms with Gasteiger partial charge in [0.15, 0.2) is 0 Å². The number of carboxylic acid groups (broad SMARTS) is 1. The highest BCUT2D eigenvalue weighted by molar-refractivity contribution is 5.84. The lowest BCUT2D eigenvalue weighted by atomic mass is 9.79. The summed E-state index contributed by atoms with van der Waals surface area (Å²) in [5.74, 6) is -1.78. The zero-order chi connectivity index (χ0) is 12.8. The largest absolute Gasteiger partial charge is 0.481 e. The normalized spacial score (nSPS) is 24.6. The third-order valence-electron chi connectivity index (χ3n) is 3.28. The molecule has 5 heteroatoms. The maximum Gasteiger partial charge on any atom is 0.307 e. The number of rotatable bonds is 5. The van der Waals surface area contributed by atoms with Crippen LogP contribution in [-0.2, 0) is 9.59 Å². The highest BCUT2D eigenvalue weighted by atomic mass is 16.4. The second-order valence-corrected chi connectivity index (χ2v) is 4.93. The van der Waals surface area contributed by atoms with Crippen LogP contribution in [-0.4, -0.2) is 49.1 Å². The molecule has 1 amide bonds. The summed E-state index contributed by atoms with van der Waals surface area (Å²) in [6, 6.07) is 0. The van der Waals surface area contributed by atoms with E-state index >= 15 is 0 Å². The molecule has 1 fully saturated rings. The Labute approximate surface area is 102 Å². The molecule has 5 nitrogen and oxygen atoms in total. The van der Waals surface area contributed by atoms with Crippen LogP contribution in [0.1, 0.15) is 25.7 Å². The molecular weight excluding hydrogens is 220 g/mol. The zero-order valence-electron chi connectivity index (χ0n) is 10.6. The van der Waals surface area contributed by atoms with Crippen LogP contribution in [0.4, 0.5) is 0 Å². The molecule has 0 aromatic rings. The minimum Gasteiger partial charge on any atom is -0.481 e. The third-order valence-corrected chi connectivity index (χ3v) is 3.28. The number of nitrogens with zero attached hydrogens (tertiary/aromatic N) is 1. The molecule has 2 atom stereocenters. The summed E-state index contributed by atoms with van der Waals surface area (Å²) < 4.78 is 0. The first-order chi connectivity index (χ1) is 8.02. The van der Waals surface area contributed by atoms with E-state index in [0.717, 1.165) is 19.4 Å². The average molecular weight is 242 g/mol. The van der Waals surface area contributed by atoms with Crippen molar-refractivity contribution in [2.75, 3.05) is 27.2 Å². The summed E-state index contributed by atoms with van der Waals surface area (Å²) in [7, 11) is 3.87. The van der Waals surface area contributed by atoms with Gasteiger partial charge in [-0.2, -0.15) is 0 Å². The molecule has 0 radical (unpaired) electrons. The molecule has 0 aromatic carbocycles. The van der Waals surface area contributed by atoms with E-state index < -0.39 is 11.9 Å². The molecule has 0 bridgehead atoms. The summed E-state index contributed by atoms with van der Waals surface area (Å²) in [6.45, 7) is 1.35. The van der Waals surface area contributed by atoms with Crippen LogP contribution in [0.5, 0.6) is 0 Å². The fraction of sp³-hybridized carbons (Fsp3) is 0.833. The van der Waals surface area contributed by atoms with Crippen molar-refractivity contribution >= 4 is 11.9 Å². The fourth-order valence-corrected chi connectivity index (χ4v) is 2.27. The highest BCUT2D eigenvalue weighted by Gasteiger charge is 2.35. The molecule has 0 unspecified atom stereocenters. The Balaban J connectivity index is 2.45. The van der Waals surface area contributed by atoms with E-state index in [-0.39, 0.29) is 11.8 Å². The second-order valence-electron chi connectivity index (χ2n) is 4.93. The Morgan fingerprint density at radius 2 is 1.82 bits per heavy atom. The number of carboxylic acids is 1. The SMILES string of the molecule is CN(C)CCNC(=O)[C@@H]1CCCC[C@@H]1C(=O)O. The van der Waals surface area contributed by atoms with Gasteiger partial charge in [-0.05, 0) is 26.9 Å². The lowest BCUT2D eigenvalue weighted by Gasteiger charge is -2.27. The number of nitrogens with one attached hydrogen (secondary N) is 1. The lowest BCUT2D eigenvalue weighted by Crippen LogP contribution is -2.41. The maximum absolute atomic E-state index is 11.9. The molecular formula is C12H22N2O3. The Bertz CT molecular complexity index is 279. The average Bonchev–Trinajstić information content (AvgIpc) is 2.28. The highest BCUT2D eigenvalue weighted by Crippen LogP contribution is 2.30. The molecule has 1 saturated carbocycles. The van der Waals surface area contributed by atoms with E-state index in [1.807, 2.05) is 19.0 Å². The Morgan fingerprint density at radius 1 is 1.24 bits per heavy atom. The molecule has 0 aromatic heterocycles. The van der Waals surface area contributed by atoms with Gasteiger partial charge in [-0.1, -0.05) is 12.8 Å². The second kappa shape index (κ2) is 6.59. The van der Waals surface area contributed by atoms with Crippen LogP contribution < -0.4 is 5.32 Å². The first kappa shape index (κ1) is 14.0. The topological polar surface area (TPSA) is 69.6 Å². The van der Waals surface area contributed by atoms with Crippen LogP contribution >= 0.6 is 0 Å².